The van der Waals surface area contributed by atoms with Crippen LogP contribution in [0.2, 0.25) is 0 Å². The molecule has 3 N–H and O–H groups in total. The third kappa shape index (κ3) is 5.40. The van der Waals surface area contributed by atoms with Gasteiger partial charge >= 0.3 is 29.8 Å². The summed E-state index contributed by atoms with van der Waals surface area (Å²) < 4.78 is 4.98. The molecule has 0 bridgehead atoms. The summed E-state index contributed by atoms with van der Waals surface area (Å²) in [7, 11) is 0. The number of hydrogen-bond acceptors (Lipinski definition) is 10. The number of aliphatic carboxylic acids is 1. The van der Waals surface area contributed by atoms with Gasteiger partial charge in [0.2, 0.25) is 5.91 Å². The number of esters is 1. The van der Waals surface area contributed by atoms with Crippen molar-refractivity contribution in [3.63, 3.8) is 0 Å². The van der Waals surface area contributed by atoms with E-state index in [1.54, 1.807) is 31.4 Å². The molecule has 14 nitrogen and oxygen atoms in total. The first-order chi connectivity index (χ1) is 19.0. The minimum absolute atomic E-state index is 0.0460. The standard InChI is InChI=1S/C24H27N5O9S2/c1-4-27-7-8-28(21(34)20(27)33)24(37)26-15(14-6-5-9-39-14)18(31)25-16-19(32)29-17(23(35)36)13(10-38-12(3)30)11(2)40-22(16)29/h5-6,9,11,15-16,22H,4,7-8,10H2,1-3H3,(H,25,31)(H,26,37)(H,35,36)/t11-,15?,16?,22-/m0/s1. The molecule has 4 heterocycles. The average molecular weight is 594 g/mol. The number of carboxylic acids is 1. The van der Waals surface area contributed by atoms with E-state index in [0.29, 0.717) is 11.4 Å². The van der Waals surface area contributed by atoms with Crippen molar-refractivity contribution in [2.24, 2.45) is 0 Å². The number of hydrogen-bond donors (Lipinski definition) is 3. The van der Waals surface area contributed by atoms with E-state index < -0.39 is 64.3 Å². The highest BCUT2D eigenvalue weighted by Gasteiger charge is 2.56. The molecule has 0 radical (unpaired) electrons. The lowest BCUT2D eigenvalue weighted by atomic mass is 10.0. The number of nitrogens with zero attached hydrogens (tertiary/aromatic N) is 3. The summed E-state index contributed by atoms with van der Waals surface area (Å²) in [5.41, 5.74) is -0.0429. The Bertz CT molecular complexity index is 1300. The number of carboxylic acid groups (broad SMARTS) is 1. The number of amides is 6. The molecule has 0 saturated carbocycles. The minimum atomic E-state index is -1.37. The first kappa shape index (κ1) is 29.1. The van der Waals surface area contributed by atoms with Gasteiger partial charge in [-0.3, -0.25) is 33.8 Å². The molecule has 3 aliphatic heterocycles. The summed E-state index contributed by atoms with van der Waals surface area (Å²) in [6, 6.07) is -0.0708. The Morgan fingerprint density at radius 1 is 1.18 bits per heavy atom. The Labute approximate surface area is 236 Å². The van der Waals surface area contributed by atoms with Gasteiger partial charge in [-0.15, -0.1) is 23.1 Å². The van der Waals surface area contributed by atoms with E-state index in [1.165, 1.54) is 23.6 Å². The Morgan fingerprint density at radius 3 is 2.50 bits per heavy atom. The van der Waals surface area contributed by atoms with E-state index in [2.05, 4.69) is 10.6 Å². The van der Waals surface area contributed by atoms with Crippen molar-refractivity contribution in [2.75, 3.05) is 26.2 Å². The van der Waals surface area contributed by atoms with E-state index in [1.807, 2.05) is 0 Å². The number of imide groups is 1. The van der Waals surface area contributed by atoms with Crippen LogP contribution >= 0.6 is 23.1 Å². The maximum Gasteiger partial charge on any atom is 0.352 e. The van der Waals surface area contributed by atoms with Gasteiger partial charge in [0.15, 0.2) is 0 Å². The number of piperazine rings is 1. The van der Waals surface area contributed by atoms with E-state index in [4.69, 9.17) is 4.74 Å². The summed E-state index contributed by atoms with van der Waals surface area (Å²) in [6.07, 6.45) is 0. The number of nitrogens with one attached hydrogen (secondary N) is 2. The summed E-state index contributed by atoms with van der Waals surface area (Å²) in [5, 5.41) is 15.4. The number of thiophene rings is 1. The molecule has 1 aromatic heterocycles. The van der Waals surface area contributed by atoms with Gasteiger partial charge in [-0.25, -0.2) is 9.59 Å². The second kappa shape index (κ2) is 11.7. The van der Waals surface area contributed by atoms with Crippen molar-refractivity contribution in [1.82, 2.24) is 25.3 Å². The van der Waals surface area contributed by atoms with Crippen LogP contribution in [-0.2, 0) is 33.5 Å². The van der Waals surface area contributed by atoms with Crippen molar-refractivity contribution >= 4 is 64.7 Å². The molecule has 16 heteroatoms. The molecule has 2 unspecified atom stereocenters. The summed E-state index contributed by atoms with van der Waals surface area (Å²) in [6.45, 7) is 4.74. The van der Waals surface area contributed by atoms with Crippen molar-refractivity contribution in [2.45, 2.75) is 43.5 Å². The predicted octanol–water partition coefficient (Wildman–Crippen LogP) is -0.120. The molecule has 1 aromatic rings. The number of β-lactam (4-membered cyclic amide) rings is 1. The molecule has 0 aromatic carbocycles. The van der Waals surface area contributed by atoms with Gasteiger partial charge < -0.3 is 25.4 Å². The van der Waals surface area contributed by atoms with E-state index in [-0.39, 0.29) is 31.0 Å². The van der Waals surface area contributed by atoms with Crippen molar-refractivity contribution in [3.8, 4) is 0 Å². The fourth-order valence-corrected chi connectivity index (χ4v) is 6.76. The van der Waals surface area contributed by atoms with Gasteiger partial charge in [-0.1, -0.05) is 6.07 Å². The monoisotopic (exact) mass is 593 g/mol. The first-order valence-electron chi connectivity index (χ1n) is 12.3. The Kier molecular flexibility index (Phi) is 8.48. The van der Waals surface area contributed by atoms with E-state index in [0.717, 1.165) is 21.1 Å². The van der Waals surface area contributed by atoms with Crippen LogP contribution in [0.1, 0.15) is 31.7 Å². The fraction of sp³-hybridized carbons (Fsp3) is 0.458. The Morgan fingerprint density at radius 2 is 1.90 bits per heavy atom. The van der Waals surface area contributed by atoms with Gasteiger partial charge in [0, 0.05) is 42.3 Å². The highest BCUT2D eigenvalue weighted by molar-refractivity contribution is 8.00. The summed E-state index contributed by atoms with van der Waals surface area (Å²) in [5.74, 6) is -5.23. The number of carbonyl (C=O) groups is 7. The quantitative estimate of drug-likeness (QED) is 0.209. The van der Waals surface area contributed by atoms with E-state index in [9.17, 15) is 38.7 Å². The molecule has 0 aliphatic carbocycles. The second-order valence-electron chi connectivity index (χ2n) is 9.06. The molecule has 4 rings (SSSR count). The zero-order valence-electron chi connectivity index (χ0n) is 21.7. The number of carbonyl (C=O) groups excluding carboxylic acids is 6. The smallest absolute Gasteiger partial charge is 0.352 e. The molecule has 2 saturated heterocycles. The van der Waals surface area contributed by atoms with Gasteiger partial charge in [-0.2, -0.15) is 0 Å². The van der Waals surface area contributed by atoms with Crippen LogP contribution < -0.4 is 10.6 Å². The topological polar surface area (TPSA) is 183 Å². The number of fused-ring (bicyclic) bond motifs is 1. The second-order valence-corrected chi connectivity index (χ2v) is 11.5. The molecule has 4 atom stereocenters. The van der Waals surface area contributed by atoms with Crippen molar-refractivity contribution in [1.29, 1.82) is 0 Å². The average Bonchev–Trinajstić information content (AvgIpc) is 3.44. The molecule has 6 amide bonds. The number of ether oxygens (including phenoxy) is 1. The Balaban J connectivity index is 1.50. The van der Waals surface area contributed by atoms with Gasteiger partial charge in [0.25, 0.3) is 5.91 Å². The normalized spacial score (nSPS) is 23.3. The van der Waals surface area contributed by atoms with Gasteiger partial charge in [0.05, 0.1) is 0 Å². The lowest BCUT2D eigenvalue weighted by molar-refractivity contribution is -0.153. The van der Waals surface area contributed by atoms with Crippen molar-refractivity contribution < 1.29 is 43.4 Å². The lowest BCUT2D eigenvalue weighted by Gasteiger charge is -2.51. The molecule has 214 valence electrons. The van der Waals surface area contributed by atoms with Crippen LogP contribution in [0.3, 0.4) is 0 Å². The molecular formula is C24H27N5O9S2. The summed E-state index contributed by atoms with van der Waals surface area (Å²) >= 11 is 2.38. The number of rotatable bonds is 8. The van der Waals surface area contributed by atoms with E-state index >= 15 is 0 Å². The molecule has 3 aliphatic rings. The highest BCUT2D eigenvalue weighted by atomic mass is 32.2. The van der Waals surface area contributed by atoms with Crippen LogP contribution in [0.15, 0.2) is 28.8 Å². The van der Waals surface area contributed by atoms with Gasteiger partial charge in [-0.05, 0) is 25.3 Å². The number of urea groups is 1. The largest absolute Gasteiger partial charge is 0.477 e. The molecule has 0 spiro atoms. The number of likely N-dealkylation sites (N-methyl/N-ethyl adjacent to an activating group) is 1. The first-order valence-corrected chi connectivity index (χ1v) is 14.1. The van der Waals surface area contributed by atoms with Gasteiger partial charge in [0.1, 0.15) is 29.8 Å². The molecule has 40 heavy (non-hydrogen) atoms. The fourth-order valence-electron chi connectivity index (χ4n) is 4.55. The maximum absolute atomic E-state index is 13.4. The third-order valence-corrected chi connectivity index (χ3v) is 9.04. The summed E-state index contributed by atoms with van der Waals surface area (Å²) in [4.78, 5) is 91.0. The van der Waals surface area contributed by atoms with Crippen LogP contribution in [0.5, 0.6) is 0 Å². The third-order valence-electron chi connectivity index (χ3n) is 6.65. The lowest BCUT2D eigenvalue weighted by Crippen LogP contribution is -2.71. The van der Waals surface area contributed by atoms with Crippen LogP contribution in [0.4, 0.5) is 4.79 Å². The number of thioether (sulfide) groups is 1. The van der Waals surface area contributed by atoms with Crippen molar-refractivity contribution in [3.05, 3.63) is 33.7 Å². The zero-order chi connectivity index (χ0) is 29.3. The maximum atomic E-state index is 13.4. The van der Waals surface area contributed by atoms with Crippen LogP contribution in [0, 0.1) is 0 Å². The SMILES string of the molecule is CCN1CCN(C(=O)NC(C(=O)NC2C(=O)N3C(C(=O)O)=C(COC(C)=O)[C@H](C)S[C@@H]23)c2cccs2)C(=O)C1=O. The molecule has 2 fully saturated rings. The highest BCUT2D eigenvalue weighted by Crippen LogP contribution is 2.44. The molecular weight excluding hydrogens is 566 g/mol. The Hall–Kier alpha value is -3.92. The van der Waals surface area contributed by atoms with Crippen LogP contribution in [-0.4, -0.2) is 104 Å². The van der Waals surface area contributed by atoms with Crippen LogP contribution in [0.25, 0.3) is 0 Å². The predicted molar refractivity (Wildman–Crippen MR) is 140 cm³/mol. The minimum Gasteiger partial charge on any atom is -0.477 e. The zero-order valence-corrected chi connectivity index (χ0v) is 23.4.